The van der Waals surface area contributed by atoms with Gasteiger partial charge in [0, 0.05) is 22.5 Å². The monoisotopic (exact) mass is 827 g/mol. The van der Waals surface area contributed by atoms with Crippen LogP contribution in [0, 0.1) is 17.8 Å². The predicted octanol–water partition coefficient (Wildman–Crippen LogP) is 16.4. The lowest BCUT2D eigenvalue weighted by Gasteiger charge is -2.57. The van der Waals surface area contributed by atoms with Gasteiger partial charge in [-0.3, -0.25) is 0 Å². The predicted molar refractivity (Wildman–Crippen MR) is 268 cm³/mol. The molecule has 0 aromatic heterocycles. The number of hydrogen-bond donors (Lipinski definition) is 0. The summed E-state index contributed by atoms with van der Waals surface area (Å²) < 4.78 is 0. The molecule has 0 spiro atoms. The lowest BCUT2D eigenvalue weighted by atomic mass is 9.48. The fourth-order valence-corrected chi connectivity index (χ4v) is 13.3. The van der Waals surface area contributed by atoms with Crippen LogP contribution in [0.25, 0.3) is 33.4 Å². The van der Waals surface area contributed by atoms with E-state index in [0.717, 1.165) is 42.0 Å². The number of nitrogens with zero attached hydrogens (tertiary/aromatic N) is 1. The average molecular weight is 828 g/mol. The van der Waals surface area contributed by atoms with Crippen molar-refractivity contribution in [2.75, 3.05) is 4.90 Å². The molecule has 5 aliphatic carbocycles. The first-order valence-electron chi connectivity index (χ1n) is 23.9. The van der Waals surface area contributed by atoms with Crippen LogP contribution in [0.1, 0.15) is 91.3 Å². The van der Waals surface area contributed by atoms with E-state index in [-0.39, 0.29) is 5.41 Å². The fraction of sp³-hybridized carbons (Fsp3) is 0.238. The van der Waals surface area contributed by atoms with Gasteiger partial charge in [-0.25, -0.2) is 0 Å². The summed E-state index contributed by atoms with van der Waals surface area (Å²) in [5.41, 5.74) is 21.3. The molecule has 0 unspecified atom stereocenters. The van der Waals surface area contributed by atoms with Crippen LogP contribution >= 0.6 is 0 Å². The maximum absolute atomic E-state index is 2.49. The van der Waals surface area contributed by atoms with Gasteiger partial charge in [-0.1, -0.05) is 172 Å². The number of fused-ring (bicyclic) bond motifs is 3. The molecule has 8 aromatic carbocycles. The lowest BCUT2D eigenvalue weighted by molar-refractivity contribution is -0.00518. The van der Waals surface area contributed by atoms with Gasteiger partial charge in [0.15, 0.2) is 0 Å². The molecule has 64 heavy (non-hydrogen) atoms. The smallest absolute Gasteiger partial charge is 0.0465 e. The van der Waals surface area contributed by atoms with Crippen molar-refractivity contribution in [3.63, 3.8) is 0 Å². The highest BCUT2D eigenvalue weighted by atomic mass is 15.1. The summed E-state index contributed by atoms with van der Waals surface area (Å²) in [5.74, 6) is 2.86. The molecule has 0 saturated heterocycles. The Bertz CT molecular complexity index is 2940. The van der Waals surface area contributed by atoms with E-state index in [0.29, 0.717) is 5.41 Å². The van der Waals surface area contributed by atoms with Gasteiger partial charge in [-0.2, -0.15) is 0 Å². The second-order valence-electron chi connectivity index (χ2n) is 20.4. The van der Waals surface area contributed by atoms with Gasteiger partial charge in [-0.15, -0.1) is 0 Å². The molecular weight excluding hydrogens is 771 g/mol. The Hall–Kier alpha value is -6.44. The Morgan fingerprint density at radius 2 is 0.875 bits per heavy atom. The molecule has 13 rings (SSSR count). The summed E-state index contributed by atoms with van der Waals surface area (Å²) in [6, 6.07) is 73.3. The summed E-state index contributed by atoms with van der Waals surface area (Å²) in [5, 5.41) is 0. The third-order valence-electron chi connectivity index (χ3n) is 15.9. The van der Waals surface area contributed by atoms with Gasteiger partial charge in [0.2, 0.25) is 0 Å². The number of hydrogen-bond acceptors (Lipinski definition) is 1. The Morgan fingerprint density at radius 3 is 1.52 bits per heavy atom. The first-order chi connectivity index (χ1) is 31.4. The van der Waals surface area contributed by atoms with Crippen LogP contribution in [0.15, 0.2) is 194 Å². The quantitative estimate of drug-likeness (QED) is 0.133. The van der Waals surface area contributed by atoms with Crippen molar-refractivity contribution >= 4 is 17.1 Å². The highest BCUT2D eigenvalue weighted by Crippen LogP contribution is 2.61. The molecule has 4 bridgehead atoms. The van der Waals surface area contributed by atoms with Gasteiger partial charge in [0.05, 0.1) is 0 Å². The van der Waals surface area contributed by atoms with Crippen LogP contribution in [-0.4, -0.2) is 0 Å². The summed E-state index contributed by atoms with van der Waals surface area (Å²) in [6.07, 6.45) is 10.4. The zero-order valence-corrected chi connectivity index (χ0v) is 37.3. The van der Waals surface area contributed by atoms with Crippen molar-refractivity contribution in [2.45, 2.75) is 76.0 Å². The van der Waals surface area contributed by atoms with Crippen LogP contribution in [0.2, 0.25) is 0 Å². The first kappa shape index (κ1) is 39.2. The minimum atomic E-state index is -0.107. The standard InChI is InChI=1S/C63H57N/c1-62(2)60-20-12-11-19-58(60)59-32-30-55(39-61(59)62)64(53-27-23-49(24-28-53)48-21-25-52(26-22-48)63-40-45-33-46(41-63)35-47(34-45)42-63)54-29-31-57(51(38-54)37-44-15-7-4-8-16-44)56-18-10-9-17-50(56)36-43-13-5-3-6-14-43/h3-32,38-39,45-47H,33-37,40-42H2,1-2H3. The van der Waals surface area contributed by atoms with Gasteiger partial charge >= 0.3 is 0 Å². The molecule has 314 valence electrons. The Kier molecular flexibility index (Phi) is 9.59. The normalized spacial score (nSPS) is 21.1. The molecular formula is C63H57N. The van der Waals surface area contributed by atoms with Crippen molar-refractivity contribution in [1.82, 2.24) is 0 Å². The molecule has 0 aliphatic heterocycles. The van der Waals surface area contributed by atoms with E-state index < -0.39 is 0 Å². The van der Waals surface area contributed by atoms with Gasteiger partial charge in [0.1, 0.15) is 0 Å². The average Bonchev–Trinajstić information content (AvgIpc) is 3.55. The van der Waals surface area contributed by atoms with Gasteiger partial charge in [-0.05, 0) is 183 Å². The van der Waals surface area contributed by atoms with Gasteiger partial charge < -0.3 is 4.90 Å². The second-order valence-corrected chi connectivity index (χ2v) is 20.4. The summed E-state index contributed by atoms with van der Waals surface area (Å²) in [7, 11) is 0. The minimum Gasteiger partial charge on any atom is -0.310 e. The van der Waals surface area contributed by atoms with E-state index >= 15 is 0 Å². The van der Waals surface area contributed by atoms with Crippen LogP contribution in [0.5, 0.6) is 0 Å². The van der Waals surface area contributed by atoms with E-state index in [1.165, 1.54) is 111 Å². The van der Waals surface area contributed by atoms with Crippen LogP contribution in [0.4, 0.5) is 17.1 Å². The third kappa shape index (κ3) is 6.92. The van der Waals surface area contributed by atoms with Crippen LogP contribution in [-0.2, 0) is 23.7 Å². The second kappa shape index (κ2) is 15.7. The maximum atomic E-state index is 2.49. The van der Waals surface area contributed by atoms with E-state index in [1.807, 2.05) is 0 Å². The highest BCUT2D eigenvalue weighted by Gasteiger charge is 2.51. The molecule has 8 aromatic rings. The van der Waals surface area contributed by atoms with E-state index in [4.69, 9.17) is 0 Å². The first-order valence-corrected chi connectivity index (χ1v) is 23.9. The summed E-state index contributed by atoms with van der Waals surface area (Å²) in [6.45, 7) is 4.77. The zero-order chi connectivity index (χ0) is 42.8. The molecule has 4 saturated carbocycles. The van der Waals surface area contributed by atoms with Crippen molar-refractivity contribution in [1.29, 1.82) is 0 Å². The SMILES string of the molecule is CC1(C)c2ccccc2-c2ccc(N(c3ccc(-c4ccc(C56CC7CC(CC(C7)C5)C6)cc4)cc3)c3ccc(-c4ccccc4Cc4ccccc4)c(Cc4ccccc4)c3)cc21. The Labute approximate surface area is 380 Å². The number of anilines is 3. The number of rotatable bonds is 10. The lowest BCUT2D eigenvalue weighted by Crippen LogP contribution is -2.48. The van der Waals surface area contributed by atoms with E-state index in [9.17, 15) is 0 Å². The Balaban J connectivity index is 0.951. The van der Waals surface area contributed by atoms with Crippen molar-refractivity contribution in [2.24, 2.45) is 17.8 Å². The number of benzene rings is 8. The van der Waals surface area contributed by atoms with Crippen molar-refractivity contribution in [3.05, 3.63) is 233 Å². The van der Waals surface area contributed by atoms with Crippen LogP contribution < -0.4 is 4.90 Å². The Morgan fingerprint density at radius 1 is 0.406 bits per heavy atom. The van der Waals surface area contributed by atoms with Crippen molar-refractivity contribution in [3.8, 4) is 33.4 Å². The maximum Gasteiger partial charge on any atom is 0.0465 e. The van der Waals surface area contributed by atoms with Gasteiger partial charge in [0.25, 0.3) is 0 Å². The molecule has 0 radical (unpaired) electrons. The van der Waals surface area contributed by atoms with E-state index in [2.05, 4.69) is 213 Å². The molecule has 4 fully saturated rings. The minimum absolute atomic E-state index is 0.107. The molecule has 0 amide bonds. The molecule has 0 atom stereocenters. The summed E-state index contributed by atoms with van der Waals surface area (Å²) >= 11 is 0. The molecule has 0 N–H and O–H groups in total. The van der Waals surface area contributed by atoms with Crippen molar-refractivity contribution < 1.29 is 0 Å². The van der Waals surface area contributed by atoms with Crippen LogP contribution in [0.3, 0.4) is 0 Å². The van der Waals surface area contributed by atoms with E-state index in [1.54, 1.807) is 5.56 Å². The molecule has 0 heterocycles. The molecule has 1 nitrogen and oxygen atoms in total. The highest BCUT2D eigenvalue weighted by molar-refractivity contribution is 5.87. The zero-order valence-electron chi connectivity index (χ0n) is 37.3. The fourth-order valence-electron chi connectivity index (χ4n) is 13.3. The third-order valence-corrected chi connectivity index (χ3v) is 15.9. The summed E-state index contributed by atoms with van der Waals surface area (Å²) in [4.78, 5) is 2.49. The largest absolute Gasteiger partial charge is 0.310 e. The molecule has 1 heteroatoms. The topological polar surface area (TPSA) is 3.24 Å². The molecule has 5 aliphatic rings.